The Morgan fingerprint density at radius 3 is 2.80 bits per heavy atom. The van der Waals surface area contributed by atoms with Crippen molar-refractivity contribution in [3.8, 4) is 0 Å². The van der Waals surface area contributed by atoms with Gasteiger partial charge < -0.3 is 14.8 Å². The first-order valence-electron chi connectivity index (χ1n) is 6.87. The van der Waals surface area contributed by atoms with Gasteiger partial charge in [-0.2, -0.15) is 0 Å². The van der Waals surface area contributed by atoms with E-state index in [4.69, 9.17) is 0 Å². The largest absolute Gasteiger partial charge is 0.340 e. The van der Waals surface area contributed by atoms with Crippen molar-refractivity contribution in [2.24, 2.45) is 0 Å². The lowest BCUT2D eigenvalue weighted by Gasteiger charge is -2.33. The Hall–Kier alpha value is -0.520. The second-order valence-electron chi connectivity index (χ2n) is 5.42. The zero-order chi connectivity index (χ0) is 14.0. The summed E-state index contributed by atoms with van der Waals surface area (Å²) in [5.41, 5.74) is 0.777. The smallest absolute Gasteiger partial charge is 0.270 e. The summed E-state index contributed by atoms with van der Waals surface area (Å²) in [7, 11) is 1.96. The van der Waals surface area contributed by atoms with Crippen LogP contribution in [0.2, 0.25) is 0 Å². The van der Waals surface area contributed by atoms with E-state index in [0.29, 0.717) is 6.04 Å². The SMILES string of the molecule is CNC1CCCN(C(=O)c2cc(Br)cn2C(C)C)C1.Cl. The molecule has 1 unspecified atom stereocenters. The minimum Gasteiger partial charge on any atom is -0.340 e. The summed E-state index contributed by atoms with van der Waals surface area (Å²) >= 11 is 3.47. The monoisotopic (exact) mass is 363 g/mol. The molecule has 1 aliphatic rings. The van der Waals surface area contributed by atoms with Crippen molar-refractivity contribution in [1.29, 1.82) is 0 Å². The highest BCUT2D eigenvalue weighted by molar-refractivity contribution is 9.10. The zero-order valence-electron chi connectivity index (χ0n) is 12.2. The summed E-state index contributed by atoms with van der Waals surface area (Å²) in [6, 6.07) is 2.63. The molecule has 0 aromatic carbocycles. The second kappa shape index (κ2) is 7.48. The minimum atomic E-state index is 0. The predicted molar refractivity (Wildman–Crippen MR) is 87.8 cm³/mol. The van der Waals surface area contributed by atoms with Crippen molar-refractivity contribution in [1.82, 2.24) is 14.8 Å². The second-order valence-corrected chi connectivity index (χ2v) is 6.34. The van der Waals surface area contributed by atoms with Gasteiger partial charge in [-0.15, -0.1) is 12.4 Å². The van der Waals surface area contributed by atoms with E-state index < -0.39 is 0 Å². The van der Waals surface area contributed by atoms with Crippen molar-refractivity contribution in [2.45, 2.75) is 38.8 Å². The van der Waals surface area contributed by atoms with E-state index >= 15 is 0 Å². The Balaban J connectivity index is 0.00000200. The van der Waals surface area contributed by atoms with Gasteiger partial charge in [0.05, 0.1) is 0 Å². The standard InChI is InChI=1S/C14H22BrN3O.ClH/c1-10(2)18-8-11(15)7-13(18)14(19)17-6-4-5-12(9-17)16-3;/h7-8,10,12,16H,4-6,9H2,1-3H3;1H. The lowest BCUT2D eigenvalue weighted by atomic mass is 10.1. The summed E-state index contributed by atoms with van der Waals surface area (Å²) in [5, 5.41) is 3.27. The lowest BCUT2D eigenvalue weighted by molar-refractivity contribution is 0.0685. The van der Waals surface area contributed by atoms with Crippen LogP contribution in [0.1, 0.15) is 43.2 Å². The van der Waals surface area contributed by atoms with Crippen LogP contribution in [-0.2, 0) is 0 Å². The first kappa shape index (κ1) is 17.5. The number of amides is 1. The number of rotatable bonds is 3. The molecule has 114 valence electrons. The Morgan fingerprint density at radius 2 is 2.20 bits per heavy atom. The van der Waals surface area contributed by atoms with Crippen LogP contribution < -0.4 is 5.32 Å². The van der Waals surface area contributed by atoms with Crippen LogP contribution in [0.3, 0.4) is 0 Å². The number of carbonyl (C=O) groups excluding carboxylic acids is 1. The van der Waals surface area contributed by atoms with Crippen LogP contribution in [0.4, 0.5) is 0 Å². The van der Waals surface area contributed by atoms with Crippen molar-refractivity contribution in [2.75, 3.05) is 20.1 Å². The highest BCUT2D eigenvalue weighted by Crippen LogP contribution is 2.22. The Morgan fingerprint density at radius 1 is 1.50 bits per heavy atom. The molecule has 0 saturated carbocycles. The van der Waals surface area contributed by atoms with Crippen LogP contribution in [0.15, 0.2) is 16.7 Å². The number of hydrogen-bond donors (Lipinski definition) is 1. The number of nitrogens with one attached hydrogen (secondary N) is 1. The number of halogens is 2. The quantitative estimate of drug-likeness (QED) is 0.895. The van der Waals surface area contributed by atoms with Gasteiger partial charge in [0, 0.05) is 35.8 Å². The fourth-order valence-corrected chi connectivity index (χ4v) is 3.04. The van der Waals surface area contributed by atoms with Gasteiger partial charge in [-0.25, -0.2) is 0 Å². The number of likely N-dealkylation sites (tertiary alicyclic amines) is 1. The predicted octanol–water partition coefficient (Wildman–Crippen LogP) is 3.08. The fraction of sp³-hybridized carbons (Fsp3) is 0.643. The average molecular weight is 365 g/mol. The molecule has 1 amide bonds. The zero-order valence-corrected chi connectivity index (χ0v) is 14.6. The Kier molecular flexibility index (Phi) is 6.55. The molecule has 4 nitrogen and oxygen atoms in total. The number of piperidine rings is 1. The van der Waals surface area contributed by atoms with Crippen LogP contribution in [0.25, 0.3) is 0 Å². The molecule has 0 spiro atoms. The molecule has 0 radical (unpaired) electrons. The average Bonchev–Trinajstić information content (AvgIpc) is 2.80. The molecule has 1 atom stereocenters. The van der Waals surface area contributed by atoms with E-state index in [1.165, 1.54) is 0 Å². The van der Waals surface area contributed by atoms with Gasteiger partial charge in [0.25, 0.3) is 5.91 Å². The third kappa shape index (κ3) is 3.77. The summed E-state index contributed by atoms with van der Waals surface area (Å²) in [6.45, 7) is 5.85. The van der Waals surface area contributed by atoms with E-state index in [2.05, 4.69) is 35.1 Å². The van der Waals surface area contributed by atoms with Crippen molar-refractivity contribution in [3.05, 3.63) is 22.4 Å². The molecule has 2 rings (SSSR count). The van der Waals surface area contributed by atoms with Gasteiger partial charge in [-0.05, 0) is 55.7 Å². The van der Waals surface area contributed by atoms with Crippen molar-refractivity contribution >= 4 is 34.2 Å². The molecule has 20 heavy (non-hydrogen) atoms. The number of nitrogens with zero attached hydrogens (tertiary/aromatic N) is 2. The van der Waals surface area contributed by atoms with Crippen LogP contribution in [-0.4, -0.2) is 41.6 Å². The first-order chi connectivity index (χ1) is 9.02. The van der Waals surface area contributed by atoms with Gasteiger partial charge in [0.15, 0.2) is 0 Å². The van der Waals surface area contributed by atoms with E-state index in [1.54, 1.807) is 0 Å². The van der Waals surface area contributed by atoms with Gasteiger partial charge in [-0.3, -0.25) is 4.79 Å². The number of aromatic nitrogens is 1. The summed E-state index contributed by atoms with van der Waals surface area (Å²) in [5.74, 6) is 0.138. The summed E-state index contributed by atoms with van der Waals surface area (Å²) in [4.78, 5) is 14.6. The van der Waals surface area contributed by atoms with Gasteiger partial charge in [0.1, 0.15) is 5.69 Å². The molecule has 1 N–H and O–H groups in total. The minimum absolute atomic E-state index is 0. The van der Waals surface area contributed by atoms with E-state index in [-0.39, 0.29) is 24.4 Å². The molecular weight excluding hydrogens is 342 g/mol. The maximum absolute atomic E-state index is 12.7. The first-order valence-corrected chi connectivity index (χ1v) is 7.66. The molecule has 0 bridgehead atoms. The molecule has 2 heterocycles. The maximum Gasteiger partial charge on any atom is 0.270 e. The number of likely N-dealkylation sites (N-methyl/N-ethyl adjacent to an activating group) is 1. The molecule has 1 aromatic heterocycles. The highest BCUT2D eigenvalue weighted by atomic mass is 79.9. The molecule has 1 aliphatic heterocycles. The molecular formula is C14H23BrClN3O. The topological polar surface area (TPSA) is 37.3 Å². The number of hydrogen-bond acceptors (Lipinski definition) is 2. The summed E-state index contributed by atoms with van der Waals surface area (Å²) in [6.07, 6.45) is 4.20. The highest BCUT2D eigenvalue weighted by Gasteiger charge is 2.26. The molecule has 0 aliphatic carbocycles. The van der Waals surface area contributed by atoms with Crippen molar-refractivity contribution in [3.63, 3.8) is 0 Å². The fourth-order valence-electron chi connectivity index (χ4n) is 2.60. The van der Waals surface area contributed by atoms with Crippen LogP contribution in [0.5, 0.6) is 0 Å². The van der Waals surface area contributed by atoms with Crippen LogP contribution in [0, 0.1) is 0 Å². The maximum atomic E-state index is 12.7. The molecule has 6 heteroatoms. The van der Waals surface area contributed by atoms with E-state index in [9.17, 15) is 4.79 Å². The number of carbonyl (C=O) groups is 1. The molecule has 1 aromatic rings. The third-order valence-corrected chi connectivity index (χ3v) is 4.14. The molecule has 1 saturated heterocycles. The van der Waals surface area contributed by atoms with Gasteiger partial charge in [-0.1, -0.05) is 0 Å². The Labute approximate surface area is 135 Å². The van der Waals surface area contributed by atoms with Crippen LogP contribution >= 0.6 is 28.3 Å². The third-order valence-electron chi connectivity index (χ3n) is 3.71. The van der Waals surface area contributed by atoms with E-state index in [0.717, 1.165) is 36.1 Å². The van der Waals surface area contributed by atoms with Gasteiger partial charge >= 0.3 is 0 Å². The summed E-state index contributed by atoms with van der Waals surface area (Å²) < 4.78 is 3.00. The van der Waals surface area contributed by atoms with E-state index in [1.807, 2.05) is 28.8 Å². The van der Waals surface area contributed by atoms with Gasteiger partial charge in [0.2, 0.25) is 0 Å². The lowest BCUT2D eigenvalue weighted by Crippen LogP contribution is -2.47. The Bertz CT molecular complexity index is 461. The van der Waals surface area contributed by atoms with Crippen molar-refractivity contribution < 1.29 is 4.79 Å². The normalized spacial score (nSPS) is 19.1. The molecule has 1 fully saturated rings.